The molecule has 0 bridgehead atoms. The number of nitrogens with zero attached hydrogens (tertiary/aromatic N) is 3. The van der Waals surface area contributed by atoms with Crippen LogP contribution in [0, 0.1) is 25.2 Å². The van der Waals surface area contributed by atoms with Crippen LogP contribution in [0.5, 0.6) is 0 Å². The number of hydrogen-bond donors (Lipinski definition) is 2. The largest absolute Gasteiger partial charge is 0.375 e. The first-order valence-electron chi connectivity index (χ1n) is 7.85. The maximum atomic E-state index is 9.69. The molecule has 0 fully saturated rings. The minimum absolute atomic E-state index is 0.137. The summed E-state index contributed by atoms with van der Waals surface area (Å²) < 4.78 is 2.16. The van der Waals surface area contributed by atoms with Gasteiger partial charge in [-0.1, -0.05) is 0 Å². The van der Waals surface area contributed by atoms with Crippen molar-refractivity contribution in [2.75, 3.05) is 0 Å². The molecule has 5 nitrogen and oxygen atoms in total. The summed E-state index contributed by atoms with van der Waals surface area (Å²) in [7, 11) is 0. The van der Waals surface area contributed by atoms with Gasteiger partial charge in [0, 0.05) is 21.8 Å². The second-order valence-corrected chi connectivity index (χ2v) is 7.42. The topological polar surface area (TPSA) is 79.1 Å². The van der Waals surface area contributed by atoms with Gasteiger partial charge >= 0.3 is 0 Å². The van der Waals surface area contributed by atoms with Crippen molar-refractivity contribution >= 4 is 34.9 Å². The Morgan fingerprint density at radius 3 is 2.92 bits per heavy atom. The lowest BCUT2D eigenvalue weighted by molar-refractivity contribution is 0.695. The summed E-state index contributed by atoms with van der Waals surface area (Å²) in [6, 6.07) is 4.49. The highest BCUT2D eigenvalue weighted by Gasteiger charge is 2.23. The van der Waals surface area contributed by atoms with Crippen LogP contribution in [0.2, 0.25) is 0 Å². The van der Waals surface area contributed by atoms with Gasteiger partial charge in [0.05, 0.1) is 11.8 Å². The van der Waals surface area contributed by atoms with Gasteiger partial charge in [0.25, 0.3) is 0 Å². The lowest BCUT2D eigenvalue weighted by atomic mass is 9.96. The van der Waals surface area contributed by atoms with Crippen LogP contribution in [0.3, 0.4) is 0 Å². The summed E-state index contributed by atoms with van der Waals surface area (Å²) >= 11 is 6.50. The van der Waals surface area contributed by atoms with Crippen molar-refractivity contribution < 1.29 is 0 Å². The first kappa shape index (κ1) is 16.7. The number of fused-ring (bicyclic) bond motifs is 1. The lowest BCUT2D eigenvalue weighted by Crippen LogP contribution is -2.24. The van der Waals surface area contributed by atoms with Crippen LogP contribution in [0.25, 0.3) is 5.00 Å². The number of aryl methyl sites for hydroxylation is 2. The Labute approximate surface area is 150 Å². The van der Waals surface area contributed by atoms with Gasteiger partial charge in [-0.05, 0) is 63.4 Å². The molecule has 0 aromatic carbocycles. The summed E-state index contributed by atoms with van der Waals surface area (Å²) in [4.78, 5) is 1.37. The normalized spacial score (nSPS) is 13.7. The first-order valence-corrected chi connectivity index (χ1v) is 9.08. The van der Waals surface area contributed by atoms with Gasteiger partial charge in [0.2, 0.25) is 0 Å². The highest BCUT2D eigenvalue weighted by molar-refractivity contribution is 7.80. The lowest BCUT2D eigenvalue weighted by Gasteiger charge is -2.10. The van der Waals surface area contributed by atoms with E-state index in [1.165, 1.54) is 23.3 Å². The SMILES string of the molecule is Cc1cc(C=NNC(N)=S)c(C)n1-c1sc2c(c1C#N)CCCC2. The minimum atomic E-state index is 0.137. The maximum absolute atomic E-state index is 9.69. The summed E-state index contributed by atoms with van der Waals surface area (Å²) in [5, 5.41) is 14.9. The fourth-order valence-electron chi connectivity index (χ4n) is 3.22. The Kier molecular flexibility index (Phi) is 4.69. The molecule has 0 aliphatic heterocycles. The van der Waals surface area contributed by atoms with E-state index in [4.69, 9.17) is 18.0 Å². The van der Waals surface area contributed by atoms with Gasteiger partial charge < -0.3 is 10.3 Å². The quantitative estimate of drug-likeness (QED) is 0.503. The second kappa shape index (κ2) is 6.75. The number of hydrazone groups is 1. The average Bonchev–Trinajstić information content (AvgIpc) is 3.04. The molecule has 7 heteroatoms. The van der Waals surface area contributed by atoms with Crippen LogP contribution in [0.4, 0.5) is 0 Å². The highest BCUT2D eigenvalue weighted by Crippen LogP contribution is 2.38. The van der Waals surface area contributed by atoms with Crippen molar-refractivity contribution in [2.45, 2.75) is 39.5 Å². The van der Waals surface area contributed by atoms with Crippen LogP contribution < -0.4 is 11.2 Å². The minimum Gasteiger partial charge on any atom is -0.375 e. The zero-order chi connectivity index (χ0) is 17.3. The summed E-state index contributed by atoms with van der Waals surface area (Å²) in [6.45, 7) is 4.08. The van der Waals surface area contributed by atoms with Crippen molar-refractivity contribution in [1.82, 2.24) is 9.99 Å². The summed E-state index contributed by atoms with van der Waals surface area (Å²) in [6.07, 6.45) is 6.19. The van der Waals surface area contributed by atoms with Gasteiger partial charge in [0.15, 0.2) is 5.11 Å². The predicted octanol–water partition coefficient (Wildman–Crippen LogP) is 3.07. The fraction of sp³-hybridized carbons (Fsp3) is 0.353. The van der Waals surface area contributed by atoms with Gasteiger partial charge in [-0.15, -0.1) is 11.3 Å². The first-order chi connectivity index (χ1) is 11.5. The standard InChI is InChI=1S/C17H19N5S2/c1-10-7-12(9-20-21-17(19)23)11(2)22(10)16-14(8-18)13-5-3-4-6-15(13)24-16/h7,9H,3-6H2,1-2H3,(H3,19,21,23). The summed E-state index contributed by atoms with van der Waals surface area (Å²) in [5.41, 5.74) is 13.2. The number of thiocarbonyl (C=S) groups is 1. The molecule has 0 atom stereocenters. The number of nitrogens with one attached hydrogen (secondary N) is 1. The zero-order valence-corrected chi connectivity index (χ0v) is 15.4. The average molecular weight is 358 g/mol. The molecule has 124 valence electrons. The van der Waals surface area contributed by atoms with E-state index >= 15 is 0 Å². The molecule has 3 rings (SSSR count). The molecule has 2 aromatic heterocycles. The molecule has 24 heavy (non-hydrogen) atoms. The fourth-order valence-corrected chi connectivity index (χ4v) is 4.72. The number of nitriles is 1. The van der Waals surface area contributed by atoms with Crippen molar-refractivity contribution in [3.05, 3.63) is 39.0 Å². The third-order valence-electron chi connectivity index (χ3n) is 4.32. The Hall–Kier alpha value is -2.17. The van der Waals surface area contributed by atoms with E-state index in [0.717, 1.165) is 40.4 Å². The molecular formula is C17H19N5S2. The van der Waals surface area contributed by atoms with Gasteiger partial charge in [0.1, 0.15) is 11.1 Å². The number of aromatic nitrogens is 1. The molecule has 0 amide bonds. The van der Waals surface area contributed by atoms with E-state index in [2.05, 4.69) is 27.2 Å². The Bertz CT molecular complexity index is 867. The van der Waals surface area contributed by atoms with Gasteiger partial charge in [-0.3, -0.25) is 5.43 Å². The number of thiophene rings is 1. The Morgan fingerprint density at radius 2 is 2.21 bits per heavy atom. The van der Waals surface area contributed by atoms with E-state index in [9.17, 15) is 5.26 Å². The van der Waals surface area contributed by atoms with E-state index < -0.39 is 0 Å². The van der Waals surface area contributed by atoms with E-state index in [1.54, 1.807) is 17.6 Å². The van der Waals surface area contributed by atoms with Crippen LogP contribution in [-0.4, -0.2) is 15.9 Å². The van der Waals surface area contributed by atoms with Crippen LogP contribution in [0.1, 0.15) is 45.8 Å². The predicted molar refractivity (Wildman–Crippen MR) is 102 cm³/mol. The van der Waals surface area contributed by atoms with E-state index in [1.807, 2.05) is 13.8 Å². The smallest absolute Gasteiger partial charge is 0.184 e. The monoisotopic (exact) mass is 357 g/mol. The third-order valence-corrected chi connectivity index (χ3v) is 5.68. The van der Waals surface area contributed by atoms with Crippen molar-refractivity contribution in [3.8, 4) is 11.1 Å². The molecule has 0 saturated carbocycles. The second-order valence-electron chi connectivity index (χ2n) is 5.90. The molecule has 0 spiro atoms. The molecule has 1 aliphatic rings. The van der Waals surface area contributed by atoms with Crippen LogP contribution >= 0.6 is 23.6 Å². The molecule has 1 aliphatic carbocycles. The molecule has 2 aromatic rings. The van der Waals surface area contributed by atoms with Crippen LogP contribution in [0.15, 0.2) is 11.2 Å². The molecule has 0 radical (unpaired) electrons. The Balaban J connectivity index is 2.06. The van der Waals surface area contributed by atoms with Gasteiger partial charge in [-0.2, -0.15) is 10.4 Å². The molecule has 3 N–H and O–H groups in total. The van der Waals surface area contributed by atoms with Crippen molar-refractivity contribution in [2.24, 2.45) is 10.8 Å². The van der Waals surface area contributed by atoms with Gasteiger partial charge in [-0.25, -0.2) is 0 Å². The van der Waals surface area contributed by atoms with Crippen molar-refractivity contribution in [1.29, 1.82) is 5.26 Å². The third kappa shape index (κ3) is 2.95. The van der Waals surface area contributed by atoms with Crippen LogP contribution in [-0.2, 0) is 12.8 Å². The van der Waals surface area contributed by atoms with E-state index in [0.29, 0.717) is 0 Å². The molecular weight excluding hydrogens is 338 g/mol. The zero-order valence-electron chi connectivity index (χ0n) is 13.7. The maximum Gasteiger partial charge on any atom is 0.184 e. The Morgan fingerprint density at radius 1 is 1.46 bits per heavy atom. The highest BCUT2D eigenvalue weighted by atomic mass is 32.1. The number of nitrogens with two attached hydrogens (primary N) is 1. The van der Waals surface area contributed by atoms with E-state index in [-0.39, 0.29) is 5.11 Å². The molecule has 0 unspecified atom stereocenters. The molecule has 2 heterocycles. The number of rotatable bonds is 3. The van der Waals surface area contributed by atoms with Crippen molar-refractivity contribution in [3.63, 3.8) is 0 Å². The summed E-state index contributed by atoms with van der Waals surface area (Å²) in [5.74, 6) is 0. The number of hydrogen-bond acceptors (Lipinski definition) is 4. The molecule has 0 saturated heterocycles.